The Balaban J connectivity index is 0.0000145. The molecule has 1 atom stereocenters. The van der Waals surface area contributed by atoms with Gasteiger partial charge in [-0.15, -0.1) is 0 Å². The van der Waals surface area contributed by atoms with Crippen LogP contribution in [-0.2, 0) is 16.3 Å². The highest BCUT2D eigenvalue weighted by Gasteiger charge is 2.95. The molecule has 0 aromatic heterocycles. The average molecular weight is 1110 g/mol. The van der Waals surface area contributed by atoms with Gasteiger partial charge in [-0.2, -0.15) is 151 Å². The van der Waals surface area contributed by atoms with Crippen LogP contribution in [-0.4, -0.2) is 121 Å². The quantitative estimate of drug-likeness (QED) is 0.0585. The van der Waals surface area contributed by atoms with Crippen molar-refractivity contribution in [1.29, 1.82) is 0 Å². The third-order valence-corrected chi connectivity index (χ3v) is 10.7. The molecule has 0 aliphatic carbocycles. The molecule has 402 valence electrons. The average Bonchev–Trinajstić information content (AvgIpc) is 3.16. The van der Waals surface area contributed by atoms with Crippen LogP contribution >= 0.6 is 23.5 Å². The van der Waals surface area contributed by atoms with Crippen molar-refractivity contribution in [2.24, 2.45) is 0 Å². The van der Waals surface area contributed by atoms with Crippen molar-refractivity contribution >= 4 is 29.8 Å². The second-order valence-corrected chi connectivity index (χ2v) is 15.7. The predicted molar refractivity (Wildman–Crippen MR) is 172 cm³/mol. The standard InChI is InChI=1S/C30H22F32OS2.C2H4O/c1-11-7-12(9-64-5-3-17(34,35)20(40,41)23(46,47)25(50,51)22(44,45)19(38,39)15(31)16(32)33)14(63-2)13(8-11)10-65-6-4-18(36,37)21(42,43)24(48,49)26(52,53)27(54,55)28(56,57)29(58,59)30(60,61)62;1-2-3/h7-8,15-16H,3-6,9-10H2,1-2H3;2H,1H3. The van der Waals surface area contributed by atoms with Crippen molar-refractivity contribution in [2.45, 2.75) is 134 Å². The molecule has 1 aromatic carbocycles. The van der Waals surface area contributed by atoms with Gasteiger partial charge in [0.25, 0.3) is 6.43 Å². The smallest absolute Gasteiger partial charge is 0.460 e. The number of hydrogen-bond acceptors (Lipinski definition) is 4. The molecule has 2 nitrogen and oxygen atoms in total. The van der Waals surface area contributed by atoms with Crippen LogP contribution in [0.5, 0.6) is 5.75 Å². The molecule has 0 aliphatic heterocycles. The summed E-state index contributed by atoms with van der Waals surface area (Å²) in [5.41, 5.74) is -0.719. The maximum Gasteiger partial charge on any atom is 0.460 e. The third kappa shape index (κ3) is 11.0. The van der Waals surface area contributed by atoms with Crippen LogP contribution in [0, 0.1) is 6.92 Å². The normalized spacial score (nSPS) is 15.6. The Kier molecular flexibility index (Phi) is 19.8. The van der Waals surface area contributed by atoms with E-state index in [1.807, 2.05) is 0 Å². The van der Waals surface area contributed by atoms with Gasteiger partial charge in [-0.1, -0.05) is 17.7 Å². The Morgan fingerprint density at radius 3 is 1.01 bits per heavy atom. The van der Waals surface area contributed by atoms with Crippen molar-refractivity contribution < 1.29 is 150 Å². The lowest BCUT2D eigenvalue weighted by Crippen LogP contribution is -2.74. The summed E-state index contributed by atoms with van der Waals surface area (Å²) < 4.78 is 439. The molecule has 0 saturated heterocycles. The van der Waals surface area contributed by atoms with Gasteiger partial charge in [0.2, 0.25) is 6.17 Å². The van der Waals surface area contributed by atoms with E-state index in [4.69, 9.17) is 9.53 Å². The zero-order valence-corrected chi connectivity index (χ0v) is 34.5. The number of rotatable bonds is 24. The largest absolute Gasteiger partial charge is 0.496 e. The summed E-state index contributed by atoms with van der Waals surface area (Å²) in [4.78, 5) is 8.81. The molecule has 68 heavy (non-hydrogen) atoms. The van der Waals surface area contributed by atoms with Crippen LogP contribution in [0.15, 0.2) is 12.1 Å². The van der Waals surface area contributed by atoms with Gasteiger partial charge < -0.3 is 9.53 Å². The molecule has 0 amide bonds. The highest BCUT2D eigenvalue weighted by atomic mass is 32.2. The van der Waals surface area contributed by atoms with Gasteiger partial charge in [0.1, 0.15) is 12.0 Å². The fraction of sp³-hybridized carbons (Fsp3) is 0.781. The number of benzene rings is 1. The van der Waals surface area contributed by atoms with Crippen molar-refractivity contribution in [2.75, 3.05) is 18.6 Å². The Morgan fingerprint density at radius 1 is 0.485 bits per heavy atom. The molecular formula is C32H26F32O2S2. The van der Waals surface area contributed by atoms with Gasteiger partial charge >= 0.3 is 83.2 Å². The molecular weight excluding hydrogens is 1090 g/mol. The van der Waals surface area contributed by atoms with Gasteiger partial charge in [0.05, 0.1) is 7.11 Å². The zero-order valence-electron chi connectivity index (χ0n) is 32.9. The number of hydrogen-bond donors (Lipinski definition) is 0. The lowest BCUT2D eigenvalue weighted by atomic mass is 9.88. The van der Waals surface area contributed by atoms with E-state index in [1.165, 1.54) is 6.92 Å². The van der Waals surface area contributed by atoms with Crippen LogP contribution in [0.3, 0.4) is 0 Å². The Hall–Kier alpha value is -2.85. The number of halogens is 32. The maximum atomic E-state index is 14.3. The van der Waals surface area contributed by atoms with Crippen molar-refractivity contribution in [3.8, 4) is 5.75 Å². The zero-order chi connectivity index (χ0) is 54.9. The first-order valence-corrected chi connectivity index (χ1v) is 19.2. The summed E-state index contributed by atoms with van der Waals surface area (Å²) in [5.74, 6) is -110. The number of methoxy groups -OCH3 is 1. The Bertz CT molecular complexity index is 1830. The molecule has 0 saturated carbocycles. The summed E-state index contributed by atoms with van der Waals surface area (Å²) in [5, 5.41) is 0. The minimum Gasteiger partial charge on any atom is -0.496 e. The Morgan fingerprint density at radius 2 is 0.750 bits per heavy atom. The maximum absolute atomic E-state index is 14.3. The molecule has 1 unspecified atom stereocenters. The molecule has 0 radical (unpaired) electrons. The Labute approximate surface area is 367 Å². The van der Waals surface area contributed by atoms with Crippen LogP contribution in [0.4, 0.5) is 140 Å². The van der Waals surface area contributed by atoms with E-state index in [0.717, 1.165) is 32.5 Å². The van der Waals surface area contributed by atoms with E-state index in [9.17, 15) is 140 Å². The molecule has 0 N–H and O–H groups in total. The second kappa shape index (κ2) is 20.7. The molecule has 36 heteroatoms. The van der Waals surface area contributed by atoms with Gasteiger partial charge in [0.15, 0.2) is 0 Å². The summed E-state index contributed by atoms with van der Waals surface area (Å²) in [6, 6.07) is 1.96. The second-order valence-electron chi connectivity index (χ2n) is 13.5. The van der Waals surface area contributed by atoms with Crippen molar-refractivity contribution in [1.82, 2.24) is 0 Å². The third-order valence-electron chi connectivity index (χ3n) is 8.64. The van der Waals surface area contributed by atoms with E-state index in [2.05, 4.69) is 0 Å². The number of carbonyl (C=O) groups is 1. The summed E-state index contributed by atoms with van der Waals surface area (Å²) in [6.45, 7) is 2.56. The topological polar surface area (TPSA) is 26.3 Å². The van der Waals surface area contributed by atoms with Crippen LogP contribution in [0.25, 0.3) is 0 Å². The van der Waals surface area contributed by atoms with Gasteiger partial charge in [-0.3, -0.25) is 0 Å². The first kappa shape index (κ1) is 65.1. The van der Waals surface area contributed by atoms with Gasteiger partial charge in [0, 0.05) is 35.5 Å². The van der Waals surface area contributed by atoms with Crippen LogP contribution in [0.1, 0.15) is 36.5 Å². The monoisotopic (exact) mass is 1110 g/mol. The SMILES string of the molecule is CC=O.COc1c(CSCCC(F)(F)C(F)(F)C(F)(F)C(F)(F)C(F)(F)C(F)(F)C(F)C(F)F)cc(C)cc1CSCCC(F)(F)C(F)(F)C(F)(F)C(F)(F)C(F)(F)C(F)(F)C(F)(F)C(F)(F)F. The fourth-order valence-corrected chi connectivity index (χ4v) is 6.80. The van der Waals surface area contributed by atoms with E-state index in [1.54, 1.807) is 0 Å². The number of carbonyl (C=O) groups excluding carboxylic acids is 1. The molecule has 0 bridgehead atoms. The highest BCUT2D eigenvalue weighted by Crippen LogP contribution is 2.65. The van der Waals surface area contributed by atoms with Crippen molar-refractivity contribution in [3.63, 3.8) is 0 Å². The molecule has 0 aliphatic rings. The molecule has 1 rings (SSSR count). The summed E-state index contributed by atoms with van der Waals surface area (Å²) in [7, 11) is 0.733. The number of aldehydes is 1. The van der Waals surface area contributed by atoms with Gasteiger partial charge in [-0.05, 0) is 25.4 Å². The fourth-order valence-electron chi connectivity index (χ4n) is 4.85. The molecule has 0 fully saturated rings. The van der Waals surface area contributed by atoms with Crippen molar-refractivity contribution in [3.05, 3.63) is 28.8 Å². The lowest BCUT2D eigenvalue weighted by molar-refractivity contribution is -0.461. The predicted octanol–water partition coefficient (Wildman–Crippen LogP) is 14.9. The van der Waals surface area contributed by atoms with Gasteiger partial charge in [-0.25, -0.2) is 13.2 Å². The first-order valence-electron chi connectivity index (χ1n) is 16.9. The van der Waals surface area contributed by atoms with Crippen LogP contribution in [0.2, 0.25) is 0 Å². The first-order chi connectivity index (χ1) is 29.8. The molecule has 0 spiro atoms. The molecule has 0 heterocycles. The highest BCUT2D eigenvalue weighted by molar-refractivity contribution is 7.98. The minimum atomic E-state index is -8.85. The lowest BCUT2D eigenvalue weighted by Gasteiger charge is -2.42. The molecule has 1 aromatic rings. The number of aryl methyl sites for hydroxylation is 1. The van der Waals surface area contributed by atoms with E-state index in [-0.39, 0.29) is 40.2 Å². The number of alkyl halides is 32. The van der Waals surface area contributed by atoms with E-state index < -0.39 is 137 Å². The number of thioether (sulfide) groups is 2. The van der Waals surface area contributed by atoms with E-state index in [0.29, 0.717) is 0 Å². The summed E-state index contributed by atoms with van der Waals surface area (Å²) in [6.07, 6.45) is -23.8. The van der Waals surface area contributed by atoms with E-state index >= 15 is 0 Å². The minimum absolute atomic E-state index is 0.0246. The summed E-state index contributed by atoms with van der Waals surface area (Å²) >= 11 is -0.194. The number of ether oxygens (including phenoxy) is 1. The van der Waals surface area contributed by atoms with Crippen LogP contribution < -0.4 is 4.74 Å².